The van der Waals surface area contributed by atoms with Crippen molar-refractivity contribution in [3.63, 3.8) is 0 Å². The Balaban J connectivity index is 0.000000659. The quantitative estimate of drug-likeness (QED) is 0.794. The normalized spacial score (nSPS) is 10.1. The summed E-state index contributed by atoms with van der Waals surface area (Å²) in [5, 5.41) is 1.03. The molecule has 0 radical (unpaired) electrons. The molecule has 1 aromatic carbocycles. The molecule has 0 unspecified atom stereocenters. The molecule has 2 aromatic rings. The zero-order chi connectivity index (χ0) is 14.3. The Labute approximate surface area is 114 Å². The summed E-state index contributed by atoms with van der Waals surface area (Å²) in [4.78, 5) is 0.355. The fourth-order valence-corrected chi connectivity index (χ4v) is 2.82. The minimum absolute atomic E-state index is 0.355. The van der Waals surface area contributed by atoms with Crippen molar-refractivity contribution < 1.29 is 8.42 Å². The van der Waals surface area contributed by atoms with Gasteiger partial charge in [0, 0.05) is 11.6 Å². The van der Waals surface area contributed by atoms with Crippen molar-refractivity contribution in [1.82, 2.24) is 4.37 Å². The van der Waals surface area contributed by atoms with Crippen LogP contribution in [0.15, 0.2) is 23.1 Å². The molecule has 0 aliphatic heterocycles. The molecule has 0 bridgehead atoms. The van der Waals surface area contributed by atoms with Crippen LogP contribution in [0, 0.1) is 6.92 Å². The highest BCUT2D eigenvalue weighted by molar-refractivity contribution is 7.90. The second-order valence-electron chi connectivity index (χ2n) is 3.20. The van der Waals surface area contributed by atoms with Gasteiger partial charge in [-0.2, -0.15) is 4.37 Å². The molecule has 0 spiro atoms. The van der Waals surface area contributed by atoms with Crippen LogP contribution in [0.1, 0.15) is 33.4 Å². The van der Waals surface area contributed by atoms with Crippen molar-refractivity contribution in [1.29, 1.82) is 0 Å². The SMILES string of the molecule is CC.CC.Cc1nsc2cc(S(C)(=O)=O)ccc12. The van der Waals surface area contributed by atoms with E-state index in [1.807, 2.05) is 40.7 Å². The second kappa shape index (κ2) is 7.48. The fourth-order valence-electron chi connectivity index (χ4n) is 1.27. The van der Waals surface area contributed by atoms with E-state index in [0.29, 0.717) is 4.90 Å². The summed E-state index contributed by atoms with van der Waals surface area (Å²) in [6, 6.07) is 5.11. The lowest BCUT2D eigenvalue weighted by Gasteiger charge is -1.97. The van der Waals surface area contributed by atoms with E-state index in [0.717, 1.165) is 15.8 Å². The second-order valence-corrected chi connectivity index (χ2v) is 6.02. The van der Waals surface area contributed by atoms with Gasteiger partial charge in [-0.25, -0.2) is 8.42 Å². The van der Waals surface area contributed by atoms with Crippen LogP contribution in [0.3, 0.4) is 0 Å². The third-order valence-corrected chi connectivity index (χ3v) is 4.06. The zero-order valence-corrected chi connectivity index (χ0v) is 13.4. The van der Waals surface area contributed by atoms with E-state index >= 15 is 0 Å². The Hall–Kier alpha value is -0.940. The summed E-state index contributed by atoms with van der Waals surface area (Å²) in [5.41, 5.74) is 0.949. The Morgan fingerprint density at radius 2 is 1.67 bits per heavy atom. The van der Waals surface area contributed by atoms with E-state index in [-0.39, 0.29) is 0 Å². The highest BCUT2D eigenvalue weighted by Crippen LogP contribution is 2.24. The van der Waals surface area contributed by atoms with Gasteiger partial charge in [0.05, 0.1) is 15.3 Å². The van der Waals surface area contributed by atoms with Crippen molar-refractivity contribution >= 4 is 31.5 Å². The first-order chi connectivity index (χ1) is 8.48. The molecule has 0 amide bonds. The van der Waals surface area contributed by atoms with E-state index in [1.54, 1.807) is 12.1 Å². The molecule has 102 valence electrons. The average molecular weight is 287 g/mol. The zero-order valence-electron chi connectivity index (χ0n) is 11.8. The predicted octanol–water partition coefficient (Wildman–Crippen LogP) is 4.06. The maximum atomic E-state index is 11.3. The van der Waals surface area contributed by atoms with E-state index in [2.05, 4.69) is 4.37 Å². The van der Waals surface area contributed by atoms with E-state index in [9.17, 15) is 8.42 Å². The molecule has 1 aromatic heterocycles. The molecule has 1 heterocycles. The summed E-state index contributed by atoms with van der Waals surface area (Å²) in [5.74, 6) is 0. The first-order valence-corrected chi connectivity index (χ1v) is 8.71. The van der Waals surface area contributed by atoms with Gasteiger partial charge in [0.2, 0.25) is 0 Å². The lowest BCUT2D eigenvalue weighted by atomic mass is 10.2. The van der Waals surface area contributed by atoms with Gasteiger partial charge in [-0.3, -0.25) is 0 Å². The number of nitrogens with zero attached hydrogens (tertiary/aromatic N) is 1. The summed E-state index contributed by atoms with van der Waals surface area (Å²) in [6.07, 6.45) is 1.21. The van der Waals surface area contributed by atoms with Crippen LogP contribution in [0.5, 0.6) is 0 Å². The first kappa shape index (κ1) is 17.1. The average Bonchev–Trinajstić information content (AvgIpc) is 2.75. The number of aryl methyl sites for hydroxylation is 1. The molecule has 0 aliphatic rings. The van der Waals surface area contributed by atoms with Gasteiger partial charge in [-0.1, -0.05) is 33.8 Å². The number of hydrogen-bond donors (Lipinski definition) is 0. The third-order valence-electron chi connectivity index (χ3n) is 2.05. The van der Waals surface area contributed by atoms with Crippen molar-refractivity contribution in [2.75, 3.05) is 6.26 Å². The molecule has 18 heavy (non-hydrogen) atoms. The predicted molar refractivity (Wildman–Crippen MR) is 80.2 cm³/mol. The Kier molecular flexibility index (Phi) is 7.09. The first-order valence-electron chi connectivity index (χ1n) is 6.04. The van der Waals surface area contributed by atoms with Crippen LogP contribution in [0.25, 0.3) is 10.1 Å². The molecule has 0 fully saturated rings. The molecule has 0 aliphatic carbocycles. The molecule has 2 rings (SSSR count). The fraction of sp³-hybridized carbons (Fsp3) is 0.462. The molecular formula is C13H21NO2S2. The standard InChI is InChI=1S/C9H9NO2S2.2C2H6/c1-6-8-4-3-7(14(2,11)12)5-9(8)13-10-6;2*1-2/h3-5H,1-2H3;2*1-2H3. The van der Waals surface area contributed by atoms with Crippen LogP contribution in [0.2, 0.25) is 0 Å². The van der Waals surface area contributed by atoms with Crippen LogP contribution >= 0.6 is 11.5 Å². The smallest absolute Gasteiger partial charge is 0.175 e. The van der Waals surface area contributed by atoms with Gasteiger partial charge in [-0.05, 0) is 30.6 Å². The van der Waals surface area contributed by atoms with Crippen LogP contribution in [0.4, 0.5) is 0 Å². The van der Waals surface area contributed by atoms with E-state index in [1.165, 1.54) is 17.8 Å². The third kappa shape index (κ3) is 4.07. The Morgan fingerprint density at radius 3 is 2.17 bits per heavy atom. The van der Waals surface area contributed by atoms with Crippen molar-refractivity contribution in [3.8, 4) is 0 Å². The molecule has 0 saturated heterocycles. The minimum atomic E-state index is -3.11. The topological polar surface area (TPSA) is 47.0 Å². The van der Waals surface area contributed by atoms with E-state index in [4.69, 9.17) is 0 Å². The van der Waals surface area contributed by atoms with Crippen molar-refractivity contribution in [3.05, 3.63) is 23.9 Å². The number of rotatable bonds is 1. The number of aromatic nitrogens is 1. The Morgan fingerprint density at radius 1 is 1.11 bits per heavy atom. The van der Waals surface area contributed by atoms with Crippen LogP contribution < -0.4 is 0 Å². The molecular weight excluding hydrogens is 266 g/mol. The Bertz CT molecular complexity index is 586. The largest absolute Gasteiger partial charge is 0.224 e. The van der Waals surface area contributed by atoms with Gasteiger partial charge in [0.1, 0.15) is 0 Å². The summed E-state index contributed by atoms with van der Waals surface area (Å²) < 4.78 is 27.6. The van der Waals surface area contributed by atoms with E-state index < -0.39 is 9.84 Å². The van der Waals surface area contributed by atoms with Gasteiger partial charge < -0.3 is 0 Å². The molecule has 0 atom stereocenters. The summed E-state index contributed by atoms with van der Waals surface area (Å²) in [6.45, 7) is 9.92. The molecule has 3 nitrogen and oxygen atoms in total. The summed E-state index contributed by atoms with van der Waals surface area (Å²) in [7, 11) is -3.11. The minimum Gasteiger partial charge on any atom is -0.224 e. The molecule has 0 saturated carbocycles. The number of sulfone groups is 1. The van der Waals surface area contributed by atoms with Gasteiger partial charge in [0.25, 0.3) is 0 Å². The highest BCUT2D eigenvalue weighted by atomic mass is 32.2. The van der Waals surface area contributed by atoms with Crippen LogP contribution in [-0.4, -0.2) is 19.0 Å². The number of benzene rings is 1. The van der Waals surface area contributed by atoms with Crippen LogP contribution in [-0.2, 0) is 9.84 Å². The maximum Gasteiger partial charge on any atom is 0.175 e. The molecule has 0 N–H and O–H groups in total. The van der Waals surface area contributed by atoms with Gasteiger partial charge in [-0.15, -0.1) is 0 Å². The van der Waals surface area contributed by atoms with Crippen molar-refractivity contribution in [2.45, 2.75) is 39.5 Å². The highest BCUT2D eigenvalue weighted by Gasteiger charge is 2.09. The van der Waals surface area contributed by atoms with Crippen molar-refractivity contribution in [2.24, 2.45) is 0 Å². The monoisotopic (exact) mass is 287 g/mol. The maximum absolute atomic E-state index is 11.3. The number of fused-ring (bicyclic) bond motifs is 1. The summed E-state index contributed by atoms with van der Waals surface area (Å²) >= 11 is 1.33. The lowest BCUT2D eigenvalue weighted by Crippen LogP contribution is -1.95. The van der Waals surface area contributed by atoms with Gasteiger partial charge in [0.15, 0.2) is 9.84 Å². The lowest BCUT2D eigenvalue weighted by molar-refractivity contribution is 0.602. The molecule has 5 heteroatoms. The van der Waals surface area contributed by atoms with Gasteiger partial charge >= 0.3 is 0 Å². The number of hydrogen-bond acceptors (Lipinski definition) is 4.